The zero-order valence-corrected chi connectivity index (χ0v) is 13.9. The standard InChI is InChI=1S/C19H24N2O/c1-13(2)11-21-12-19(10-16(21)22)14-8-6-7-9-15(14)20-17(19)18(3,4)5/h6-9H,1,10-12H2,2-5H3/t19-/m1/s1. The number of amides is 1. The van der Waals surface area contributed by atoms with E-state index in [0.717, 1.165) is 17.0 Å². The van der Waals surface area contributed by atoms with Crippen molar-refractivity contribution in [1.82, 2.24) is 4.90 Å². The first-order valence-corrected chi connectivity index (χ1v) is 7.85. The molecule has 0 aromatic heterocycles. The molecule has 2 aliphatic rings. The summed E-state index contributed by atoms with van der Waals surface area (Å²) >= 11 is 0. The number of hydrogen-bond donors (Lipinski definition) is 0. The molecular weight excluding hydrogens is 272 g/mol. The molecule has 1 spiro atoms. The molecule has 3 nitrogen and oxygen atoms in total. The van der Waals surface area contributed by atoms with Crippen LogP contribution in [0.15, 0.2) is 41.4 Å². The molecule has 1 fully saturated rings. The summed E-state index contributed by atoms with van der Waals surface area (Å²) in [4.78, 5) is 19.4. The zero-order valence-electron chi connectivity index (χ0n) is 13.9. The van der Waals surface area contributed by atoms with E-state index in [0.29, 0.717) is 19.5 Å². The summed E-state index contributed by atoms with van der Waals surface area (Å²) in [5.74, 6) is 0.205. The third-order valence-electron chi connectivity index (χ3n) is 4.54. The van der Waals surface area contributed by atoms with Gasteiger partial charge in [0.1, 0.15) is 0 Å². The minimum atomic E-state index is -0.263. The summed E-state index contributed by atoms with van der Waals surface area (Å²) in [6.07, 6.45) is 0.521. The average molecular weight is 296 g/mol. The minimum Gasteiger partial charge on any atom is -0.337 e. The fourth-order valence-corrected chi connectivity index (χ4v) is 3.87. The van der Waals surface area contributed by atoms with Crippen molar-refractivity contribution in [2.75, 3.05) is 13.1 Å². The van der Waals surface area contributed by atoms with Crippen molar-refractivity contribution in [2.45, 2.75) is 39.5 Å². The molecule has 116 valence electrons. The molecule has 2 aliphatic heterocycles. The number of benzene rings is 1. The van der Waals surface area contributed by atoms with Gasteiger partial charge in [0.15, 0.2) is 0 Å². The lowest BCUT2D eigenvalue weighted by Gasteiger charge is -2.34. The Morgan fingerprint density at radius 2 is 2.05 bits per heavy atom. The smallest absolute Gasteiger partial charge is 0.224 e. The second-order valence-corrected chi connectivity index (χ2v) is 7.69. The highest BCUT2D eigenvalue weighted by molar-refractivity contribution is 6.09. The van der Waals surface area contributed by atoms with Crippen molar-refractivity contribution in [2.24, 2.45) is 10.4 Å². The lowest BCUT2D eigenvalue weighted by Crippen LogP contribution is -2.43. The first-order chi connectivity index (χ1) is 10.2. The largest absolute Gasteiger partial charge is 0.337 e. The SMILES string of the molecule is C=C(C)CN1C[C@@]2(CC1=O)C(C(C)(C)C)=Nc1ccccc12. The fraction of sp³-hybridized carbons (Fsp3) is 0.474. The molecule has 0 unspecified atom stereocenters. The van der Waals surface area contributed by atoms with Crippen molar-refractivity contribution < 1.29 is 4.79 Å². The monoisotopic (exact) mass is 296 g/mol. The molecule has 0 aliphatic carbocycles. The molecule has 1 aromatic carbocycles. The van der Waals surface area contributed by atoms with E-state index in [2.05, 4.69) is 39.5 Å². The number of fused-ring (bicyclic) bond motifs is 2. The number of nitrogens with zero attached hydrogens (tertiary/aromatic N) is 2. The van der Waals surface area contributed by atoms with Gasteiger partial charge in [0.2, 0.25) is 5.91 Å². The molecule has 0 bridgehead atoms. The van der Waals surface area contributed by atoms with Crippen molar-refractivity contribution in [3.63, 3.8) is 0 Å². The highest BCUT2D eigenvalue weighted by Gasteiger charge is 2.54. The van der Waals surface area contributed by atoms with Gasteiger partial charge in [-0.05, 0) is 18.6 Å². The van der Waals surface area contributed by atoms with Gasteiger partial charge in [-0.2, -0.15) is 0 Å². The predicted molar refractivity (Wildman–Crippen MR) is 90.7 cm³/mol. The Bertz CT molecular complexity index is 681. The summed E-state index contributed by atoms with van der Waals surface area (Å²) in [6, 6.07) is 8.26. The third-order valence-corrected chi connectivity index (χ3v) is 4.54. The highest BCUT2D eigenvalue weighted by Crippen LogP contribution is 2.50. The molecule has 22 heavy (non-hydrogen) atoms. The van der Waals surface area contributed by atoms with Crippen LogP contribution in [0.25, 0.3) is 0 Å². The van der Waals surface area contributed by atoms with Crippen LogP contribution < -0.4 is 0 Å². The molecule has 1 atom stereocenters. The summed E-state index contributed by atoms with van der Waals surface area (Å²) in [5, 5.41) is 0. The average Bonchev–Trinajstić information content (AvgIpc) is 2.89. The van der Waals surface area contributed by atoms with Crippen molar-refractivity contribution in [3.8, 4) is 0 Å². The summed E-state index contributed by atoms with van der Waals surface area (Å²) in [6.45, 7) is 13.8. The molecule has 1 saturated heterocycles. The number of carbonyl (C=O) groups is 1. The topological polar surface area (TPSA) is 32.7 Å². The Morgan fingerprint density at radius 3 is 2.68 bits per heavy atom. The number of likely N-dealkylation sites (tertiary alicyclic amines) is 1. The molecule has 1 amide bonds. The van der Waals surface area contributed by atoms with Crippen LogP contribution in [-0.2, 0) is 10.2 Å². The van der Waals surface area contributed by atoms with Crippen LogP contribution in [-0.4, -0.2) is 29.6 Å². The van der Waals surface area contributed by atoms with Gasteiger partial charge in [-0.25, -0.2) is 0 Å². The van der Waals surface area contributed by atoms with Gasteiger partial charge in [0, 0.05) is 30.6 Å². The van der Waals surface area contributed by atoms with Gasteiger partial charge in [0.25, 0.3) is 0 Å². The van der Waals surface area contributed by atoms with Crippen LogP contribution in [0.3, 0.4) is 0 Å². The van der Waals surface area contributed by atoms with E-state index in [1.165, 1.54) is 5.56 Å². The van der Waals surface area contributed by atoms with Crippen LogP contribution >= 0.6 is 0 Å². The summed E-state index contributed by atoms with van der Waals surface area (Å²) < 4.78 is 0. The van der Waals surface area contributed by atoms with Gasteiger partial charge in [0.05, 0.1) is 11.1 Å². The fourth-order valence-electron chi connectivity index (χ4n) is 3.87. The quantitative estimate of drug-likeness (QED) is 0.763. The van der Waals surface area contributed by atoms with Gasteiger partial charge in [-0.15, -0.1) is 0 Å². The van der Waals surface area contributed by atoms with Crippen LogP contribution in [0.2, 0.25) is 0 Å². The Labute approximate surface area is 132 Å². The molecule has 2 heterocycles. The van der Waals surface area contributed by atoms with Gasteiger partial charge in [-0.1, -0.05) is 51.1 Å². The van der Waals surface area contributed by atoms with Crippen molar-refractivity contribution in [3.05, 3.63) is 42.0 Å². The molecule has 0 saturated carbocycles. The van der Waals surface area contributed by atoms with Crippen molar-refractivity contribution >= 4 is 17.3 Å². The van der Waals surface area contributed by atoms with Crippen LogP contribution in [0, 0.1) is 5.41 Å². The molecule has 0 radical (unpaired) electrons. The van der Waals surface area contributed by atoms with E-state index in [1.54, 1.807) is 0 Å². The van der Waals surface area contributed by atoms with E-state index in [1.807, 2.05) is 24.0 Å². The number of hydrogen-bond acceptors (Lipinski definition) is 2. The van der Waals surface area contributed by atoms with E-state index in [9.17, 15) is 4.79 Å². The van der Waals surface area contributed by atoms with E-state index >= 15 is 0 Å². The van der Waals surface area contributed by atoms with E-state index < -0.39 is 0 Å². The van der Waals surface area contributed by atoms with Crippen LogP contribution in [0.4, 0.5) is 5.69 Å². The summed E-state index contributed by atoms with van der Waals surface area (Å²) in [5.41, 5.74) is 4.07. The highest BCUT2D eigenvalue weighted by atomic mass is 16.2. The predicted octanol–water partition coefficient (Wildman–Crippen LogP) is 3.87. The molecule has 3 rings (SSSR count). The Morgan fingerprint density at radius 1 is 1.36 bits per heavy atom. The third kappa shape index (κ3) is 2.20. The Balaban J connectivity index is 2.09. The molecule has 0 N–H and O–H groups in total. The Hall–Kier alpha value is -1.90. The number of rotatable bonds is 2. The minimum absolute atomic E-state index is 0.0570. The first kappa shape index (κ1) is 15.0. The number of para-hydroxylation sites is 1. The van der Waals surface area contributed by atoms with Crippen LogP contribution in [0.5, 0.6) is 0 Å². The van der Waals surface area contributed by atoms with Gasteiger partial charge >= 0.3 is 0 Å². The maximum Gasteiger partial charge on any atom is 0.224 e. The molecular formula is C19H24N2O. The van der Waals surface area contributed by atoms with Crippen molar-refractivity contribution in [1.29, 1.82) is 0 Å². The molecule has 3 heteroatoms. The second kappa shape index (κ2) is 4.80. The van der Waals surface area contributed by atoms with E-state index in [-0.39, 0.29) is 16.7 Å². The molecule has 1 aromatic rings. The zero-order chi connectivity index (χ0) is 16.1. The normalized spacial score (nSPS) is 23.9. The first-order valence-electron chi connectivity index (χ1n) is 7.85. The van der Waals surface area contributed by atoms with E-state index in [4.69, 9.17) is 4.99 Å². The Kier molecular flexibility index (Phi) is 3.28. The maximum atomic E-state index is 12.6. The van der Waals surface area contributed by atoms with Gasteiger partial charge in [-0.3, -0.25) is 9.79 Å². The number of aliphatic imine (C=N–C) groups is 1. The van der Waals surface area contributed by atoms with Gasteiger partial charge < -0.3 is 4.90 Å². The maximum absolute atomic E-state index is 12.6. The lowest BCUT2D eigenvalue weighted by molar-refractivity contribution is -0.127. The second-order valence-electron chi connectivity index (χ2n) is 7.69. The van der Waals surface area contributed by atoms with Crippen LogP contribution in [0.1, 0.15) is 39.7 Å². The summed E-state index contributed by atoms with van der Waals surface area (Å²) in [7, 11) is 0. The number of carbonyl (C=O) groups excluding carboxylic acids is 1. The lowest BCUT2D eigenvalue weighted by atomic mass is 9.68.